The van der Waals surface area contributed by atoms with Crippen LogP contribution in [0.5, 0.6) is 5.88 Å². The number of aromatic nitrogens is 2. The molecule has 0 saturated carbocycles. The molecule has 1 atom stereocenters. The van der Waals surface area contributed by atoms with Gasteiger partial charge in [0.1, 0.15) is 11.6 Å². The van der Waals surface area contributed by atoms with Gasteiger partial charge < -0.3 is 10.5 Å². The molecule has 130 valence electrons. The number of thiophene rings is 1. The van der Waals surface area contributed by atoms with E-state index in [1.165, 1.54) is 0 Å². The van der Waals surface area contributed by atoms with Gasteiger partial charge in [-0.2, -0.15) is 10.4 Å². The highest BCUT2D eigenvalue weighted by atomic mass is 32.1. The number of aryl methyl sites for hydroxylation is 1. The summed E-state index contributed by atoms with van der Waals surface area (Å²) in [6, 6.07) is 16.1. The summed E-state index contributed by atoms with van der Waals surface area (Å²) in [6.07, 6.45) is 1.77. The highest BCUT2D eigenvalue weighted by Crippen LogP contribution is 2.46. The number of hydrogen-bond acceptors (Lipinski definition) is 5. The third-order valence-electron chi connectivity index (χ3n) is 4.44. The van der Waals surface area contributed by atoms with Crippen molar-refractivity contribution in [3.63, 3.8) is 0 Å². The molecule has 0 bridgehead atoms. The Morgan fingerprint density at radius 1 is 1.27 bits per heavy atom. The van der Waals surface area contributed by atoms with Crippen LogP contribution in [0.1, 0.15) is 35.4 Å². The van der Waals surface area contributed by atoms with Crippen molar-refractivity contribution in [1.29, 1.82) is 5.26 Å². The number of para-hydroxylation sites is 1. The summed E-state index contributed by atoms with van der Waals surface area (Å²) in [7, 11) is 0. The fourth-order valence-corrected chi connectivity index (χ4v) is 4.16. The normalized spacial score (nSPS) is 16.1. The predicted octanol–water partition coefficient (Wildman–Crippen LogP) is 4.10. The summed E-state index contributed by atoms with van der Waals surface area (Å²) < 4.78 is 7.71. The molecule has 0 amide bonds. The van der Waals surface area contributed by atoms with Crippen LogP contribution >= 0.6 is 11.3 Å². The molecule has 0 unspecified atom stereocenters. The molecule has 3 aromatic rings. The molecule has 1 aromatic carbocycles. The molecular weight excluding hydrogens is 344 g/mol. The van der Waals surface area contributed by atoms with E-state index in [0.29, 0.717) is 11.5 Å². The number of allylic oxidation sites excluding steroid dienone is 1. The molecule has 1 aliphatic heterocycles. The standard InChI is InChI=1S/C20H18N4OS/c1-2-7-15-18-17(16-10-6-11-26-16)14(12-21)19(22)25-20(18)24(23-15)13-8-4-3-5-9-13/h3-6,8-11,17H,2,7,22H2,1H3/t17-/m0/s1. The van der Waals surface area contributed by atoms with E-state index < -0.39 is 0 Å². The smallest absolute Gasteiger partial charge is 0.229 e. The SMILES string of the molecule is CCCc1nn(-c2ccccc2)c2c1[C@H](c1cccs1)C(C#N)=C(N)O2. The Balaban J connectivity index is 1.98. The molecule has 26 heavy (non-hydrogen) atoms. The monoisotopic (exact) mass is 362 g/mol. The van der Waals surface area contributed by atoms with Crippen LogP contribution in [0.3, 0.4) is 0 Å². The van der Waals surface area contributed by atoms with Crippen LogP contribution in [0.25, 0.3) is 5.69 Å². The predicted molar refractivity (Wildman–Crippen MR) is 101 cm³/mol. The number of fused-ring (bicyclic) bond motifs is 1. The van der Waals surface area contributed by atoms with E-state index >= 15 is 0 Å². The minimum atomic E-state index is -0.234. The van der Waals surface area contributed by atoms with Gasteiger partial charge in [0.2, 0.25) is 11.8 Å². The first-order valence-corrected chi connectivity index (χ1v) is 9.40. The van der Waals surface area contributed by atoms with Gasteiger partial charge >= 0.3 is 0 Å². The molecule has 1 aliphatic rings. The Labute approximate surface area is 155 Å². The first-order chi connectivity index (χ1) is 12.7. The molecule has 2 N–H and O–H groups in total. The summed E-state index contributed by atoms with van der Waals surface area (Å²) in [6.45, 7) is 2.12. The van der Waals surface area contributed by atoms with Crippen LogP contribution in [0.2, 0.25) is 0 Å². The van der Waals surface area contributed by atoms with Crippen molar-refractivity contribution in [3.8, 4) is 17.6 Å². The highest BCUT2D eigenvalue weighted by Gasteiger charge is 2.37. The lowest BCUT2D eigenvalue weighted by Crippen LogP contribution is -2.21. The van der Waals surface area contributed by atoms with Gasteiger partial charge in [-0.05, 0) is 30.0 Å². The molecule has 0 aliphatic carbocycles. The van der Waals surface area contributed by atoms with Crippen LogP contribution in [0.4, 0.5) is 0 Å². The zero-order chi connectivity index (χ0) is 18.1. The van der Waals surface area contributed by atoms with E-state index in [4.69, 9.17) is 15.6 Å². The molecule has 0 saturated heterocycles. The maximum atomic E-state index is 9.71. The van der Waals surface area contributed by atoms with Crippen molar-refractivity contribution in [2.45, 2.75) is 25.7 Å². The quantitative estimate of drug-likeness (QED) is 0.758. The summed E-state index contributed by atoms with van der Waals surface area (Å²) in [5.74, 6) is 0.524. The maximum absolute atomic E-state index is 9.71. The van der Waals surface area contributed by atoms with E-state index in [0.717, 1.165) is 34.7 Å². The Morgan fingerprint density at radius 3 is 2.73 bits per heavy atom. The number of rotatable bonds is 4. The minimum absolute atomic E-state index is 0.151. The second-order valence-electron chi connectivity index (χ2n) is 6.10. The van der Waals surface area contributed by atoms with E-state index in [1.807, 2.05) is 47.8 Å². The largest absolute Gasteiger partial charge is 0.422 e. The topological polar surface area (TPSA) is 76.9 Å². The number of ether oxygens (including phenoxy) is 1. The van der Waals surface area contributed by atoms with Gasteiger partial charge in [0.15, 0.2) is 0 Å². The van der Waals surface area contributed by atoms with Gasteiger partial charge in [0, 0.05) is 4.88 Å². The zero-order valence-electron chi connectivity index (χ0n) is 14.3. The van der Waals surface area contributed by atoms with Crippen LogP contribution < -0.4 is 10.5 Å². The molecular formula is C20H18N4OS. The summed E-state index contributed by atoms with van der Waals surface area (Å²) in [4.78, 5) is 1.07. The Bertz CT molecular complexity index is 997. The van der Waals surface area contributed by atoms with Gasteiger partial charge in [-0.1, -0.05) is 37.6 Å². The van der Waals surface area contributed by atoms with Crippen molar-refractivity contribution in [2.24, 2.45) is 5.73 Å². The average Bonchev–Trinajstić information content (AvgIpc) is 3.30. The van der Waals surface area contributed by atoms with Crippen LogP contribution in [0.15, 0.2) is 59.3 Å². The maximum Gasteiger partial charge on any atom is 0.229 e. The molecule has 4 rings (SSSR count). The average molecular weight is 362 g/mol. The lowest BCUT2D eigenvalue weighted by atomic mass is 9.88. The Hall–Kier alpha value is -3.04. The lowest BCUT2D eigenvalue weighted by molar-refractivity contribution is 0.367. The fraction of sp³-hybridized carbons (Fsp3) is 0.200. The lowest BCUT2D eigenvalue weighted by Gasteiger charge is -2.24. The van der Waals surface area contributed by atoms with Crippen LogP contribution in [0, 0.1) is 11.3 Å². The van der Waals surface area contributed by atoms with Gasteiger partial charge in [-0.25, -0.2) is 4.68 Å². The van der Waals surface area contributed by atoms with Gasteiger partial charge in [-0.3, -0.25) is 0 Å². The highest BCUT2D eigenvalue weighted by molar-refractivity contribution is 7.10. The van der Waals surface area contributed by atoms with Crippen molar-refractivity contribution in [2.75, 3.05) is 0 Å². The number of nitrogens with zero attached hydrogens (tertiary/aromatic N) is 3. The van der Waals surface area contributed by atoms with Crippen molar-refractivity contribution in [1.82, 2.24) is 9.78 Å². The third kappa shape index (κ3) is 2.57. The molecule has 3 heterocycles. The van der Waals surface area contributed by atoms with Gasteiger partial charge in [-0.15, -0.1) is 11.3 Å². The number of nitriles is 1. The van der Waals surface area contributed by atoms with Crippen LogP contribution in [-0.2, 0) is 6.42 Å². The van der Waals surface area contributed by atoms with Crippen molar-refractivity contribution < 1.29 is 4.74 Å². The first kappa shape index (κ1) is 16.4. The van der Waals surface area contributed by atoms with Crippen molar-refractivity contribution >= 4 is 11.3 Å². The summed E-state index contributed by atoms with van der Waals surface area (Å²) in [5, 5.41) is 16.5. The van der Waals surface area contributed by atoms with Gasteiger partial charge in [0.05, 0.1) is 22.9 Å². The zero-order valence-corrected chi connectivity index (χ0v) is 15.2. The number of nitrogens with two attached hydrogens (primary N) is 1. The molecule has 2 aromatic heterocycles. The van der Waals surface area contributed by atoms with Crippen molar-refractivity contribution in [3.05, 3.63) is 75.4 Å². The van der Waals surface area contributed by atoms with Crippen LogP contribution in [-0.4, -0.2) is 9.78 Å². The molecule has 5 nitrogen and oxygen atoms in total. The molecule has 0 radical (unpaired) electrons. The number of hydrogen-bond donors (Lipinski definition) is 1. The van der Waals surface area contributed by atoms with E-state index in [2.05, 4.69) is 13.0 Å². The number of benzene rings is 1. The first-order valence-electron chi connectivity index (χ1n) is 8.52. The Kier molecular flexibility index (Phi) is 4.23. The summed E-state index contributed by atoms with van der Waals surface area (Å²) in [5.41, 5.74) is 9.38. The summed E-state index contributed by atoms with van der Waals surface area (Å²) >= 11 is 1.61. The third-order valence-corrected chi connectivity index (χ3v) is 5.38. The molecule has 0 fully saturated rings. The molecule has 0 spiro atoms. The van der Waals surface area contributed by atoms with Gasteiger partial charge in [0.25, 0.3) is 0 Å². The van der Waals surface area contributed by atoms with E-state index in [-0.39, 0.29) is 11.8 Å². The molecule has 6 heteroatoms. The van der Waals surface area contributed by atoms with E-state index in [9.17, 15) is 5.26 Å². The fourth-order valence-electron chi connectivity index (χ4n) is 3.32. The Morgan fingerprint density at radius 2 is 2.08 bits per heavy atom. The second kappa shape index (κ2) is 6.70. The van der Waals surface area contributed by atoms with E-state index in [1.54, 1.807) is 16.0 Å². The minimum Gasteiger partial charge on any atom is -0.422 e. The second-order valence-corrected chi connectivity index (χ2v) is 7.08.